The van der Waals surface area contributed by atoms with Crippen molar-refractivity contribution in [1.29, 1.82) is 0 Å². The van der Waals surface area contributed by atoms with Crippen molar-refractivity contribution in [3.8, 4) is 0 Å². The van der Waals surface area contributed by atoms with E-state index in [9.17, 15) is 0 Å². The number of hydrogen-bond acceptors (Lipinski definition) is 2. The minimum Gasteiger partial charge on any atom is -0.399 e. The van der Waals surface area contributed by atoms with Gasteiger partial charge in [-0.15, -0.1) is 0 Å². The molecule has 16 heavy (non-hydrogen) atoms. The van der Waals surface area contributed by atoms with Gasteiger partial charge in [-0.05, 0) is 63.0 Å². The van der Waals surface area contributed by atoms with Crippen LogP contribution >= 0.6 is 0 Å². The van der Waals surface area contributed by atoms with E-state index in [1.807, 2.05) is 12.1 Å². The lowest BCUT2D eigenvalue weighted by atomic mass is 10.1. The molecule has 0 aromatic heterocycles. The molecule has 1 aromatic carbocycles. The van der Waals surface area contributed by atoms with Crippen LogP contribution < -0.4 is 5.73 Å². The molecule has 1 fully saturated rings. The van der Waals surface area contributed by atoms with Gasteiger partial charge in [0, 0.05) is 5.69 Å². The van der Waals surface area contributed by atoms with Crippen LogP contribution in [0.1, 0.15) is 31.2 Å². The van der Waals surface area contributed by atoms with Crippen LogP contribution in [0.5, 0.6) is 0 Å². The lowest BCUT2D eigenvalue weighted by molar-refractivity contribution is 0.226. The Hall–Kier alpha value is -1.02. The summed E-state index contributed by atoms with van der Waals surface area (Å²) in [5, 5.41) is 0. The first-order valence-corrected chi connectivity index (χ1v) is 6.41. The van der Waals surface area contributed by atoms with Gasteiger partial charge in [0.2, 0.25) is 0 Å². The van der Waals surface area contributed by atoms with E-state index in [1.165, 1.54) is 57.3 Å². The van der Waals surface area contributed by atoms with E-state index >= 15 is 0 Å². The van der Waals surface area contributed by atoms with Gasteiger partial charge in [-0.25, -0.2) is 0 Å². The number of nitrogens with zero attached hydrogens (tertiary/aromatic N) is 1. The zero-order valence-electron chi connectivity index (χ0n) is 9.99. The quantitative estimate of drug-likeness (QED) is 0.787. The third-order valence-electron chi connectivity index (χ3n) is 3.37. The van der Waals surface area contributed by atoms with Gasteiger partial charge in [0.1, 0.15) is 0 Å². The summed E-state index contributed by atoms with van der Waals surface area (Å²) in [7, 11) is 0. The van der Waals surface area contributed by atoms with Crippen molar-refractivity contribution >= 4 is 5.69 Å². The Kier molecular flexibility index (Phi) is 4.23. The fourth-order valence-corrected chi connectivity index (χ4v) is 2.37. The molecular formula is C14H22N2. The number of nitrogens with two attached hydrogens (primary N) is 1. The van der Waals surface area contributed by atoms with Gasteiger partial charge < -0.3 is 10.6 Å². The molecule has 1 aliphatic heterocycles. The highest BCUT2D eigenvalue weighted by Crippen LogP contribution is 2.11. The molecule has 0 amide bonds. The minimum atomic E-state index is 0.861. The second-order valence-electron chi connectivity index (χ2n) is 4.75. The highest BCUT2D eigenvalue weighted by molar-refractivity contribution is 5.39. The molecule has 0 bridgehead atoms. The van der Waals surface area contributed by atoms with Gasteiger partial charge in [0.25, 0.3) is 0 Å². The van der Waals surface area contributed by atoms with Crippen molar-refractivity contribution in [1.82, 2.24) is 4.90 Å². The summed E-state index contributed by atoms with van der Waals surface area (Å²) in [6, 6.07) is 8.28. The van der Waals surface area contributed by atoms with Gasteiger partial charge in [0.15, 0.2) is 0 Å². The normalized spacial score (nSPS) is 17.5. The number of nitrogen functional groups attached to an aromatic ring is 1. The zero-order valence-corrected chi connectivity index (χ0v) is 9.99. The van der Waals surface area contributed by atoms with Crippen LogP contribution in [-0.4, -0.2) is 24.5 Å². The van der Waals surface area contributed by atoms with E-state index in [2.05, 4.69) is 17.0 Å². The summed E-state index contributed by atoms with van der Waals surface area (Å²) < 4.78 is 0. The van der Waals surface area contributed by atoms with E-state index in [0.717, 1.165) is 5.69 Å². The van der Waals surface area contributed by atoms with Gasteiger partial charge >= 0.3 is 0 Å². The lowest BCUT2D eigenvalue weighted by Crippen LogP contribution is -2.30. The van der Waals surface area contributed by atoms with Crippen molar-refractivity contribution in [3.05, 3.63) is 29.8 Å². The van der Waals surface area contributed by atoms with E-state index in [0.29, 0.717) is 0 Å². The number of anilines is 1. The average molecular weight is 218 g/mol. The summed E-state index contributed by atoms with van der Waals surface area (Å²) >= 11 is 0. The molecule has 0 radical (unpaired) electrons. The van der Waals surface area contributed by atoms with Crippen LogP contribution in [0.15, 0.2) is 24.3 Å². The molecule has 2 nitrogen and oxygen atoms in total. The third kappa shape index (κ3) is 3.53. The average Bonchev–Trinajstić information content (AvgIpc) is 2.33. The van der Waals surface area contributed by atoms with E-state index in [1.54, 1.807) is 0 Å². The molecule has 2 N–H and O–H groups in total. The zero-order chi connectivity index (χ0) is 11.2. The second-order valence-corrected chi connectivity index (χ2v) is 4.75. The second kappa shape index (κ2) is 5.90. The molecule has 1 saturated heterocycles. The van der Waals surface area contributed by atoms with Crippen molar-refractivity contribution in [3.63, 3.8) is 0 Å². The summed E-state index contributed by atoms with van der Waals surface area (Å²) in [6.07, 6.45) is 6.65. The monoisotopic (exact) mass is 218 g/mol. The maximum Gasteiger partial charge on any atom is 0.0314 e. The highest BCUT2D eigenvalue weighted by atomic mass is 15.1. The molecule has 1 aliphatic rings. The molecule has 2 heteroatoms. The Morgan fingerprint density at radius 3 is 2.38 bits per heavy atom. The number of hydrogen-bond donors (Lipinski definition) is 1. The van der Waals surface area contributed by atoms with Crippen molar-refractivity contribution in [2.45, 2.75) is 32.1 Å². The molecule has 0 aliphatic carbocycles. The Labute approximate surface area is 98.4 Å². The first-order chi connectivity index (χ1) is 7.84. The Morgan fingerprint density at radius 1 is 1.00 bits per heavy atom. The highest BCUT2D eigenvalue weighted by Gasteiger charge is 2.08. The number of piperidine rings is 1. The van der Waals surface area contributed by atoms with Crippen molar-refractivity contribution < 1.29 is 0 Å². The van der Waals surface area contributed by atoms with Gasteiger partial charge in [0.05, 0.1) is 0 Å². The number of benzene rings is 1. The molecule has 88 valence electrons. The smallest absolute Gasteiger partial charge is 0.0314 e. The molecule has 1 aromatic rings. The Balaban J connectivity index is 1.69. The van der Waals surface area contributed by atoms with Crippen molar-refractivity contribution in [2.24, 2.45) is 0 Å². The van der Waals surface area contributed by atoms with Gasteiger partial charge in [-0.3, -0.25) is 0 Å². The fraction of sp³-hybridized carbons (Fsp3) is 0.571. The number of rotatable bonds is 4. The van der Waals surface area contributed by atoms with Crippen molar-refractivity contribution in [2.75, 3.05) is 25.4 Å². The Bertz CT molecular complexity index is 299. The van der Waals surface area contributed by atoms with Crippen LogP contribution in [0, 0.1) is 0 Å². The SMILES string of the molecule is Nc1ccc(CCCN2CCCCC2)cc1. The lowest BCUT2D eigenvalue weighted by Gasteiger charge is -2.26. The third-order valence-corrected chi connectivity index (χ3v) is 3.37. The molecule has 0 unspecified atom stereocenters. The minimum absolute atomic E-state index is 0.861. The number of likely N-dealkylation sites (tertiary alicyclic amines) is 1. The van der Waals surface area contributed by atoms with E-state index in [-0.39, 0.29) is 0 Å². The van der Waals surface area contributed by atoms with Crippen LogP contribution in [0.3, 0.4) is 0 Å². The molecule has 1 heterocycles. The standard InChI is InChI=1S/C14H22N2/c15-14-8-6-13(7-9-14)5-4-12-16-10-2-1-3-11-16/h6-9H,1-5,10-12,15H2. The summed E-state index contributed by atoms with van der Waals surface area (Å²) in [6.45, 7) is 3.87. The molecule has 2 rings (SSSR count). The molecule has 0 saturated carbocycles. The predicted octanol–water partition coefficient (Wildman–Crippen LogP) is 2.69. The first kappa shape index (κ1) is 11.5. The maximum absolute atomic E-state index is 5.66. The van der Waals surface area contributed by atoms with Crippen LogP contribution in [0.2, 0.25) is 0 Å². The summed E-state index contributed by atoms with van der Waals surface area (Å²) in [5.74, 6) is 0. The molecular weight excluding hydrogens is 196 g/mol. The fourth-order valence-electron chi connectivity index (χ4n) is 2.37. The first-order valence-electron chi connectivity index (χ1n) is 6.41. The maximum atomic E-state index is 5.66. The van der Waals surface area contributed by atoms with Gasteiger partial charge in [-0.2, -0.15) is 0 Å². The Morgan fingerprint density at radius 2 is 1.69 bits per heavy atom. The molecule has 0 spiro atoms. The van der Waals surface area contributed by atoms with E-state index in [4.69, 9.17) is 5.73 Å². The number of aryl methyl sites for hydroxylation is 1. The molecule has 0 atom stereocenters. The largest absolute Gasteiger partial charge is 0.399 e. The summed E-state index contributed by atoms with van der Waals surface area (Å²) in [4.78, 5) is 2.60. The summed E-state index contributed by atoms with van der Waals surface area (Å²) in [5.41, 5.74) is 7.93. The van der Waals surface area contributed by atoms with Crippen LogP contribution in [-0.2, 0) is 6.42 Å². The van der Waals surface area contributed by atoms with Crippen LogP contribution in [0.4, 0.5) is 5.69 Å². The topological polar surface area (TPSA) is 29.3 Å². The van der Waals surface area contributed by atoms with Crippen LogP contribution in [0.25, 0.3) is 0 Å². The van der Waals surface area contributed by atoms with E-state index < -0.39 is 0 Å². The van der Waals surface area contributed by atoms with Gasteiger partial charge in [-0.1, -0.05) is 18.6 Å². The predicted molar refractivity (Wildman–Crippen MR) is 69.5 cm³/mol.